The summed E-state index contributed by atoms with van der Waals surface area (Å²) in [5.41, 5.74) is 2.06. The third-order valence-corrected chi connectivity index (χ3v) is 4.12. The molecule has 0 atom stereocenters. The fraction of sp³-hybridized carbons (Fsp3) is 0.176. The Labute approximate surface area is 138 Å². The number of carbonyl (C=O) groups is 1. The number of benzene rings is 2. The smallest absolute Gasteiger partial charge is 0.328 e. The molecule has 0 aliphatic rings. The Morgan fingerprint density at radius 1 is 1.09 bits per heavy atom. The van der Waals surface area contributed by atoms with Crippen LogP contribution >= 0.6 is 11.6 Å². The number of hydrogen-bond donors (Lipinski definition) is 1. The first-order valence-electron chi connectivity index (χ1n) is 7.26. The van der Waals surface area contributed by atoms with Crippen molar-refractivity contribution in [3.63, 3.8) is 0 Å². The number of hydrogen-bond acceptors (Lipinski definition) is 2. The van der Waals surface area contributed by atoms with Crippen LogP contribution in [-0.4, -0.2) is 21.6 Å². The number of para-hydroxylation sites is 2. The van der Waals surface area contributed by atoms with Gasteiger partial charge in [0.15, 0.2) is 0 Å². The van der Waals surface area contributed by atoms with Crippen molar-refractivity contribution in [2.24, 2.45) is 7.05 Å². The predicted molar refractivity (Wildman–Crippen MR) is 91.0 cm³/mol. The summed E-state index contributed by atoms with van der Waals surface area (Å²) >= 11 is 6.00. The summed E-state index contributed by atoms with van der Waals surface area (Å²) < 4.78 is 3.26. The van der Waals surface area contributed by atoms with Crippen molar-refractivity contribution in [1.82, 2.24) is 14.5 Å². The normalized spacial score (nSPS) is 10.9. The standard InChI is InChI=1S/C17H16ClN3O2/c1-20-14-8-4-5-9-15(14)21(17(20)23)11-10-19-16(22)12-6-2-3-7-13(12)18/h2-9H,10-11H2,1H3,(H,19,22). The molecule has 6 heteroatoms. The second-order valence-corrected chi connectivity index (χ2v) is 5.62. The molecule has 0 fully saturated rings. The Balaban J connectivity index is 1.75. The molecule has 0 radical (unpaired) electrons. The molecule has 2 aromatic carbocycles. The van der Waals surface area contributed by atoms with E-state index in [-0.39, 0.29) is 11.6 Å². The quantitative estimate of drug-likeness (QED) is 0.799. The van der Waals surface area contributed by atoms with Crippen LogP contribution in [0.4, 0.5) is 0 Å². The Kier molecular flexibility index (Phi) is 4.21. The number of amides is 1. The third kappa shape index (κ3) is 2.87. The number of imidazole rings is 1. The molecule has 5 nitrogen and oxygen atoms in total. The molecule has 3 aromatic rings. The molecule has 0 spiro atoms. The number of rotatable bonds is 4. The van der Waals surface area contributed by atoms with Crippen molar-refractivity contribution in [1.29, 1.82) is 0 Å². The average molecular weight is 330 g/mol. The van der Waals surface area contributed by atoms with Gasteiger partial charge in [-0.05, 0) is 24.3 Å². The van der Waals surface area contributed by atoms with E-state index < -0.39 is 0 Å². The number of nitrogens with zero attached hydrogens (tertiary/aromatic N) is 2. The van der Waals surface area contributed by atoms with Crippen LogP contribution in [0.2, 0.25) is 5.02 Å². The first-order valence-corrected chi connectivity index (χ1v) is 7.64. The zero-order chi connectivity index (χ0) is 16.4. The summed E-state index contributed by atoms with van der Waals surface area (Å²) in [4.78, 5) is 24.4. The van der Waals surface area contributed by atoms with E-state index in [4.69, 9.17) is 11.6 Å². The fourth-order valence-electron chi connectivity index (χ4n) is 2.60. The molecule has 0 unspecified atom stereocenters. The number of carbonyl (C=O) groups excluding carboxylic acids is 1. The maximum atomic E-state index is 12.3. The van der Waals surface area contributed by atoms with Crippen molar-refractivity contribution < 1.29 is 4.79 Å². The van der Waals surface area contributed by atoms with Gasteiger partial charge in [-0.1, -0.05) is 35.9 Å². The summed E-state index contributed by atoms with van der Waals surface area (Å²) in [7, 11) is 1.74. The van der Waals surface area contributed by atoms with E-state index in [1.807, 2.05) is 24.3 Å². The van der Waals surface area contributed by atoms with E-state index in [1.165, 1.54) is 0 Å². The summed E-state index contributed by atoms with van der Waals surface area (Å²) in [6.07, 6.45) is 0. The molecule has 1 heterocycles. The lowest BCUT2D eigenvalue weighted by molar-refractivity contribution is 0.0952. The van der Waals surface area contributed by atoms with Crippen LogP contribution in [0.25, 0.3) is 11.0 Å². The molecule has 0 aliphatic carbocycles. The molecule has 1 aromatic heterocycles. The Bertz CT molecular complexity index is 927. The van der Waals surface area contributed by atoms with Gasteiger partial charge in [-0.3, -0.25) is 13.9 Å². The summed E-state index contributed by atoms with van der Waals surface area (Å²) in [6, 6.07) is 14.5. The molecule has 118 valence electrons. The van der Waals surface area contributed by atoms with E-state index in [0.29, 0.717) is 23.7 Å². The molecule has 23 heavy (non-hydrogen) atoms. The minimum absolute atomic E-state index is 0.0989. The van der Waals surface area contributed by atoms with Crippen molar-refractivity contribution >= 4 is 28.5 Å². The van der Waals surface area contributed by atoms with E-state index in [9.17, 15) is 9.59 Å². The number of aryl methyl sites for hydroxylation is 1. The second-order valence-electron chi connectivity index (χ2n) is 5.22. The molecular weight excluding hydrogens is 314 g/mol. The fourth-order valence-corrected chi connectivity index (χ4v) is 2.82. The van der Waals surface area contributed by atoms with Gasteiger partial charge in [0.25, 0.3) is 5.91 Å². The molecule has 3 rings (SSSR count). The Morgan fingerprint density at radius 2 is 1.74 bits per heavy atom. The van der Waals surface area contributed by atoms with Gasteiger partial charge in [0, 0.05) is 20.1 Å². The van der Waals surface area contributed by atoms with E-state index in [2.05, 4.69) is 5.32 Å². The largest absolute Gasteiger partial charge is 0.350 e. The first kappa shape index (κ1) is 15.4. The van der Waals surface area contributed by atoms with Crippen molar-refractivity contribution in [2.45, 2.75) is 6.54 Å². The lowest BCUT2D eigenvalue weighted by atomic mass is 10.2. The predicted octanol–water partition coefficient (Wildman–Crippen LogP) is 2.42. The van der Waals surface area contributed by atoms with E-state index in [1.54, 1.807) is 40.4 Å². The maximum Gasteiger partial charge on any atom is 0.328 e. The van der Waals surface area contributed by atoms with Gasteiger partial charge in [-0.15, -0.1) is 0 Å². The number of halogens is 1. The number of aromatic nitrogens is 2. The van der Waals surface area contributed by atoms with Gasteiger partial charge in [0.1, 0.15) is 0 Å². The van der Waals surface area contributed by atoms with E-state index in [0.717, 1.165) is 11.0 Å². The van der Waals surface area contributed by atoms with Crippen LogP contribution in [0, 0.1) is 0 Å². The molecule has 0 saturated heterocycles. The molecule has 1 N–H and O–H groups in total. The zero-order valence-corrected chi connectivity index (χ0v) is 13.4. The first-order chi connectivity index (χ1) is 11.1. The monoisotopic (exact) mass is 329 g/mol. The van der Waals surface area contributed by atoms with Crippen LogP contribution in [0.5, 0.6) is 0 Å². The minimum Gasteiger partial charge on any atom is -0.350 e. The van der Waals surface area contributed by atoms with Gasteiger partial charge >= 0.3 is 5.69 Å². The van der Waals surface area contributed by atoms with Crippen molar-refractivity contribution in [3.05, 3.63) is 69.6 Å². The minimum atomic E-state index is -0.246. The molecular formula is C17H16ClN3O2. The highest BCUT2D eigenvalue weighted by molar-refractivity contribution is 6.33. The number of nitrogens with one attached hydrogen (secondary N) is 1. The summed E-state index contributed by atoms with van der Waals surface area (Å²) in [6.45, 7) is 0.744. The average Bonchev–Trinajstić information content (AvgIpc) is 2.80. The van der Waals surface area contributed by atoms with Crippen LogP contribution in [-0.2, 0) is 13.6 Å². The highest BCUT2D eigenvalue weighted by Gasteiger charge is 2.11. The topological polar surface area (TPSA) is 56.0 Å². The van der Waals surface area contributed by atoms with Crippen LogP contribution < -0.4 is 11.0 Å². The van der Waals surface area contributed by atoms with Crippen molar-refractivity contribution in [3.8, 4) is 0 Å². The van der Waals surface area contributed by atoms with E-state index >= 15 is 0 Å². The maximum absolute atomic E-state index is 12.3. The molecule has 0 bridgehead atoms. The SMILES string of the molecule is Cn1c(=O)n(CCNC(=O)c2ccccc2Cl)c2ccccc21. The number of fused-ring (bicyclic) bond motifs is 1. The van der Waals surface area contributed by atoms with Crippen LogP contribution in [0.1, 0.15) is 10.4 Å². The summed E-state index contributed by atoms with van der Waals surface area (Å²) in [5, 5.41) is 3.21. The molecule has 0 aliphatic heterocycles. The molecule has 0 saturated carbocycles. The molecule has 1 amide bonds. The third-order valence-electron chi connectivity index (χ3n) is 3.79. The van der Waals surface area contributed by atoms with Gasteiger partial charge in [0.05, 0.1) is 21.6 Å². The lowest BCUT2D eigenvalue weighted by Crippen LogP contribution is -2.31. The van der Waals surface area contributed by atoms with Crippen molar-refractivity contribution in [2.75, 3.05) is 6.54 Å². The van der Waals surface area contributed by atoms with Gasteiger partial charge in [0.2, 0.25) is 0 Å². The Morgan fingerprint density at radius 3 is 2.48 bits per heavy atom. The van der Waals surface area contributed by atoms with Crippen LogP contribution in [0.3, 0.4) is 0 Å². The van der Waals surface area contributed by atoms with Crippen LogP contribution in [0.15, 0.2) is 53.3 Å². The van der Waals surface area contributed by atoms with Gasteiger partial charge < -0.3 is 5.32 Å². The highest BCUT2D eigenvalue weighted by atomic mass is 35.5. The second kappa shape index (κ2) is 6.30. The van der Waals surface area contributed by atoms with Gasteiger partial charge in [-0.25, -0.2) is 4.79 Å². The highest BCUT2D eigenvalue weighted by Crippen LogP contribution is 2.14. The zero-order valence-electron chi connectivity index (χ0n) is 12.6. The summed E-state index contributed by atoms with van der Waals surface area (Å²) in [5.74, 6) is -0.246. The Hall–Kier alpha value is -2.53. The van der Waals surface area contributed by atoms with Gasteiger partial charge in [-0.2, -0.15) is 0 Å². The lowest BCUT2D eigenvalue weighted by Gasteiger charge is -2.07.